The second-order valence-corrected chi connectivity index (χ2v) is 4.81. The highest BCUT2D eigenvalue weighted by Crippen LogP contribution is 2.26. The van der Waals surface area contributed by atoms with Crippen molar-refractivity contribution in [2.75, 3.05) is 13.2 Å². The zero-order valence-electron chi connectivity index (χ0n) is 11.2. The summed E-state index contributed by atoms with van der Waals surface area (Å²) >= 11 is 0. The fourth-order valence-electron chi connectivity index (χ4n) is 2.32. The van der Waals surface area contributed by atoms with Crippen molar-refractivity contribution < 1.29 is 14.6 Å². The Morgan fingerprint density at radius 3 is 3.06 bits per heavy atom. The van der Waals surface area contributed by atoms with Gasteiger partial charge in [-0.05, 0) is 43.9 Å². The highest BCUT2D eigenvalue weighted by molar-refractivity contribution is 5.39. The van der Waals surface area contributed by atoms with E-state index in [1.165, 1.54) is 11.1 Å². The lowest BCUT2D eigenvalue weighted by Crippen LogP contribution is -2.26. The molecule has 0 bridgehead atoms. The van der Waals surface area contributed by atoms with Crippen LogP contribution in [0.1, 0.15) is 31.4 Å². The molecule has 1 heterocycles. The minimum atomic E-state index is -0.394. The molecule has 0 aliphatic carbocycles. The molecule has 0 radical (unpaired) electrons. The van der Waals surface area contributed by atoms with Crippen molar-refractivity contribution in [2.45, 2.75) is 45.3 Å². The Balaban J connectivity index is 1.86. The van der Waals surface area contributed by atoms with E-state index in [4.69, 9.17) is 9.47 Å². The van der Waals surface area contributed by atoms with Gasteiger partial charge in [-0.2, -0.15) is 0 Å². The molecule has 100 valence electrons. The Labute approximate surface area is 109 Å². The van der Waals surface area contributed by atoms with E-state index in [2.05, 4.69) is 12.1 Å². The second-order valence-electron chi connectivity index (χ2n) is 4.81. The minimum Gasteiger partial charge on any atom is -0.493 e. The average molecular weight is 250 g/mol. The number of hydrogen-bond donors (Lipinski definition) is 1. The third-order valence-corrected chi connectivity index (χ3v) is 3.45. The molecule has 2 rings (SSSR count). The molecule has 1 aliphatic rings. The van der Waals surface area contributed by atoms with Crippen molar-refractivity contribution in [3.05, 3.63) is 29.3 Å². The Morgan fingerprint density at radius 1 is 1.44 bits per heavy atom. The first-order chi connectivity index (χ1) is 8.70. The summed E-state index contributed by atoms with van der Waals surface area (Å²) in [7, 11) is 0. The minimum absolute atomic E-state index is 0.0900. The molecule has 1 aromatic carbocycles. The lowest BCUT2D eigenvalue weighted by Gasteiger charge is -2.18. The summed E-state index contributed by atoms with van der Waals surface area (Å²) in [6, 6.07) is 6.32. The van der Waals surface area contributed by atoms with E-state index in [0.29, 0.717) is 6.61 Å². The maximum Gasteiger partial charge on any atom is 0.122 e. The standard InChI is InChI=1S/C15H22O3/c1-3-17-11(2)14(16)6-4-12-5-7-15-13(10-12)8-9-18-15/h5,7,10-11,14,16H,3-4,6,8-9H2,1-2H3. The molecule has 18 heavy (non-hydrogen) atoms. The second kappa shape index (κ2) is 6.21. The summed E-state index contributed by atoms with van der Waals surface area (Å²) < 4.78 is 10.9. The first-order valence-electron chi connectivity index (χ1n) is 6.75. The van der Waals surface area contributed by atoms with Crippen molar-refractivity contribution in [2.24, 2.45) is 0 Å². The van der Waals surface area contributed by atoms with Crippen LogP contribution in [0, 0.1) is 0 Å². The smallest absolute Gasteiger partial charge is 0.122 e. The Morgan fingerprint density at radius 2 is 2.28 bits per heavy atom. The molecular weight excluding hydrogens is 228 g/mol. The zero-order chi connectivity index (χ0) is 13.0. The van der Waals surface area contributed by atoms with Gasteiger partial charge in [-0.1, -0.05) is 12.1 Å². The lowest BCUT2D eigenvalue weighted by molar-refractivity contribution is -0.0245. The van der Waals surface area contributed by atoms with Crippen LogP contribution in [0.3, 0.4) is 0 Å². The van der Waals surface area contributed by atoms with Gasteiger partial charge in [0, 0.05) is 13.0 Å². The van der Waals surface area contributed by atoms with Gasteiger partial charge in [0.15, 0.2) is 0 Å². The number of fused-ring (bicyclic) bond motifs is 1. The van der Waals surface area contributed by atoms with Crippen LogP contribution in [-0.2, 0) is 17.6 Å². The van der Waals surface area contributed by atoms with Gasteiger partial charge in [0.25, 0.3) is 0 Å². The number of aliphatic hydroxyl groups excluding tert-OH is 1. The van der Waals surface area contributed by atoms with E-state index in [1.54, 1.807) is 0 Å². The quantitative estimate of drug-likeness (QED) is 0.842. The fraction of sp³-hybridized carbons (Fsp3) is 0.600. The van der Waals surface area contributed by atoms with Gasteiger partial charge >= 0.3 is 0 Å². The van der Waals surface area contributed by atoms with Crippen molar-refractivity contribution in [1.82, 2.24) is 0 Å². The third-order valence-electron chi connectivity index (χ3n) is 3.45. The van der Waals surface area contributed by atoms with Crippen LogP contribution in [-0.4, -0.2) is 30.5 Å². The summed E-state index contributed by atoms with van der Waals surface area (Å²) in [5.74, 6) is 1.02. The average Bonchev–Trinajstić information content (AvgIpc) is 2.83. The maximum atomic E-state index is 9.95. The summed E-state index contributed by atoms with van der Waals surface area (Å²) in [6.45, 7) is 5.31. The van der Waals surface area contributed by atoms with Gasteiger partial charge in [0.1, 0.15) is 5.75 Å². The van der Waals surface area contributed by atoms with E-state index < -0.39 is 6.10 Å². The largest absolute Gasteiger partial charge is 0.493 e. The molecule has 0 saturated heterocycles. The number of aryl methyl sites for hydroxylation is 1. The molecule has 0 amide bonds. The molecule has 1 aliphatic heterocycles. The van der Waals surface area contributed by atoms with Crippen molar-refractivity contribution >= 4 is 0 Å². The lowest BCUT2D eigenvalue weighted by atomic mass is 10.0. The van der Waals surface area contributed by atoms with Crippen molar-refractivity contribution in [3.8, 4) is 5.75 Å². The summed E-state index contributed by atoms with van der Waals surface area (Å²) in [5.41, 5.74) is 2.56. The monoisotopic (exact) mass is 250 g/mol. The summed E-state index contributed by atoms with van der Waals surface area (Å²) in [6.07, 6.45) is 2.13. The van der Waals surface area contributed by atoms with Crippen LogP contribution in [0.15, 0.2) is 18.2 Å². The van der Waals surface area contributed by atoms with Gasteiger partial charge in [0.2, 0.25) is 0 Å². The predicted molar refractivity (Wildman–Crippen MR) is 71.1 cm³/mol. The van der Waals surface area contributed by atoms with Gasteiger partial charge < -0.3 is 14.6 Å². The Bertz CT molecular complexity index is 389. The van der Waals surface area contributed by atoms with E-state index in [0.717, 1.165) is 31.6 Å². The first-order valence-corrected chi connectivity index (χ1v) is 6.75. The van der Waals surface area contributed by atoms with Crippen LogP contribution >= 0.6 is 0 Å². The molecule has 2 unspecified atom stereocenters. The van der Waals surface area contributed by atoms with Gasteiger partial charge in [-0.25, -0.2) is 0 Å². The predicted octanol–water partition coefficient (Wildman–Crippen LogP) is 2.34. The molecular formula is C15H22O3. The van der Waals surface area contributed by atoms with E-state index >= 15 is 0 Å². The van der Waals surface area contributed by atoms with Gasteiger partial charge in [-0.15, -0.1) is 0 Å². The highest BCUT2D eigenvalue weighted by Gasteiger charge is 2.15. The molecule has 3 nitrogen and oxygen atoms in total. The van der Waals surface area contributed by atoms with Crippen molar-refractivity contribution in [3.63, 3.8) is 0 Å². The van der Waals surface area contributed by atoms with Crippen LogP contribution in [0.25, 0.3) is 0 Å². The van der Waals surface area contributed by atoms with Crippen LogP contribution in [0.5, 0.6) is 5.75 Å². The summed E-state index contributed by atoms with van der Waals surface area (Å²) in [5, 5.41) is 9.95. The van der Waals surface area contributed by atoms with Gasteiger partial charge in [-0.3, -0.25) is 0 Å². The Kier molecular flexibility index (Phi) is 4.61. The molecule has 0 aromatic heterocycles. The van der Waals surface area contributed by atoms with Crippen LogP contribution in [0.4, 0.5) is 0 Å². The SMILES string of the molecule is CCOC(C)C(O)CCc1ccc2c(c1)CCO2. The molecule has 3 heteroatoms. The molecule has 1 aromatic rings. The van der Waals surface area contributed by atoms with E-state index in [1.807, 2.05) is 19.9 Å². The fourth-order valence-corrected chi connectivity index (χ4v) is 2.32. The zero-order valence-corrected chi connectivity index (χ0v) is 11.2. The number of hydrogen-bond acceptors (Lipinski definition) is 3. The van der Waals surface area contributed by atoms with Crippen LogP contribution in [0.2, 0.25) is 0 Å². The molecule has 0 fully saturated rings. The van der Waals surface area contributed by atoms with Gasteiger partial charge in [0.05, 0.1) is 18.8 Å². The number of rotatable bonds is 6. The molecule has 2 atom stereocenters. The molecule has 0 saturated carbocycles. The number of benzene rings is 1. The topological polar surface area (TPSA) is 38.7 Å². The normalized spacial score (nSPS) is 17.1. The van der Waals surface area contributed by atoms with Crippen LogP contribution < -0.4 is 4.74 Å². The first kappa shape index (κ1) is 13.4. The maximum absolute atomic E-state index is 9.95. The third kappa shape index (κ3) is 3.24. The molecule has 1 N–H and O–H groups in total. The highest BCUT2D eigenvalue weighted by atomic mass is 16.5. The number of aliphatic hydroxyl groups is 1. The van der Waals surface area contributed by atoms with E-state index in [9.17, 15) is 5.11 Å². The summed E-state index contributed by atoms with van der Waals surface area (Å²) in [4.78, 5) is 0. The van der Waals surface area contributed by atoms with Crippen molar-refractivity contribution in [1.29, 1.82) is 0 Å². The van der Waals surface area contributed by atoms with E-state index in [-0.39, 0.29) is 6.10 Å². The Hall–Kier alpha value is -1.06. The number of ether oxygens (including phenoxy) is 2. The molecule has 0 spiro atoms.